The van der Waals surface area contributed by atoms with Crippen LogP contribution in [0.5, 0.6) is 0 Å². The second-order valence-electron chi connectivity index (χ2n) is 8.79. The summed E-state index contributed by atoms with van der Waals surface area (Å²) in [5.41, 5.74) is 3.48. The van der Waals surface area contributed by atoms with Crippen LogP contribution in [0.4, 0.5) is 0 Å². The van der Waals surface area contributed by atoms with Gasteiger partial charge in [0.25, 0.3) is 0 Å². The highest BCUT2D eigenvalue weighted by atomic mass is 32.1. The number of rotatable bonds is 5. The van der Waals surface area contributed by atoms with Crippen molar-refractivity contribution in [2.75, 3.05) is 0 Å². The summed E-state index contributed by atoms with van der Waals surface area (Å²) >= 11 is 3.95. The van der Waals surface area contributed by atoms with Gasteiger partial charge in [0, 0.05) is 20.2 Å². The summed E-state index contributed by atoms with van der Waals surface area (Å²) in [5, 5.41) is 2.87. The summed E-state index contributed by atoms with van der Waals surface area (Å²) in [6.07, 6.45) is 3.54. The van der Waals surface area contributed by atoms with Crippen LogP contribution < -0.4 is 0 Å². The molecule has 0 nitrogen and oxygen atoms in total. The number of hydrogen-bond donors (Lipinski definition) is 0. The van der Waals surface area contributed by atoms with E-state index in [1.807, 2.05) is 22.7 Å². The Balaban J connectivity index is 1.90. The van der Waals surface area contributed by atoms with Crippen molar-refractivity contribution in [3.63, 3.8) is 0 Å². The quantitative estimate of drug-likeness (QED) is 0.317. The van der Waals surface area contributed by atoms with Crippen molar-refractivity contribution >= 4 is 52.2 Å². The van der Waals surface area contributed by atoms with E-state index in [1.54, 1.807) is 0 Å². The minimum atomic E-state index is 0.243. The average molecular weight is 395 g/mol. The van der Waals surface area contributed by atoms with E-state index < -0.39 is 0 Å². The lowest BCUT2D eigenvalue weighted by atomic mass is 9.78. The standard InChI is InChI=1S/C25H30S2/c1-7-24(4,5)16-10-12-18-20(14-16)26-23-19-13-11-17(25(6,8-2)9-3)15-21(19)27-22(18)23/h10-15H,7-9H2,1-6H3. The molecule has 0 N–H and O–H groups in total. The van der Waals surface area contributed by atoms with E-state index >= 15 is 0 Å². The minimum absolute atomic E-state index is 0.243. The Bertz CT molecular complexity index is 1120. The number of thiophene rings is 2. The van der Waals surface area contributed by atoms with Gasteiger partial charge in [-0.2, -0.15) is 0 Å². The van der Waals surface area contributed by atoms with Crippen LogP contribution in [-0.2, 0) is 10.8 Å². The summed E-state index contributed by atoms with van der Waals surface area (Å²) in [4.78, 5) is 0. The van der Waals surface area contributed by atoms with Gasteiger partial charge < -0.3 is 0 Å². The first kappa shape index (κ1) is 19.0. The maximum atomic E-state index is 2.46. The molecule has 0 radical (unpaired) electrons. The summed E-state index contributed by atoms with van der Waals surface area (Å²) in [7, 11) is 0. The molecule has 0 fully saturated rings. The molecule has 0 aliphatic rings. The molecule has 0 atom stereocenters. The maximum Gasteiger partial charge on any atom is 0.0542 e. The normalized spacial score (nSPS) is 13.3. The fourth-order valence-electron chi connectivity index (χ4n) is 3.91. The van der Waals surface area contributed by atoms with Gasteiger partial charge in [-0.1, -0.05) is 65.8 Å². The first-order chi connectivity index (χ1) is 12.8. The molecule has 2 aromatic carbocycles. The second kappa shape index (κ2) is 6.60. The molecule has 4 aromatic rings. The molecule has 0 unspecified atom stereocenters. The highest BCUT2D eigenvalue weighted by molar-refractivity contribution is 7.36. The molecular weight excluding hydrogens is 364 g/mol. The maximum absolute atomic E-state index is 2.46. The minimum Gasteiger partial charge on any atom is -0.134 e. The molecule has 2 heteroatoms. The summed E-state index contributed by atoms with van der Waals surface area (Å²) in [6.45, 7) is 14.0. The Hall–Kier alpha value is -1.38. The molecular formula is C25H30S2. The van der Waals surface area contributed by atoms with Crippen molar-refractivity contribution in [1.82, 2.24) is 0 Å². The zero-order chi connectivity index (χ0) is 19.4. The van der Waals surface area contributed by atoms with Gasteiger partial charge in [-0.05, 0) is 53.4 Å². The molecule has 142 valence electrons. The van der Waals surface area contributed by atoms with Gasteiger partial charge in [-0.3, -0.25) is 0 Å². The van der Waals surface area contributed by atoms with E-state index in [0.717, 1.165) is 6.42 Å². The van der Waals surface area contributed by atoms with E-state index in [-0.39, 0.29) is 10.8 Å². The molecule has 0 saturated heterocycles. The highest BCUT2D eigenvalue weighted by Gasteiger charge is 2.24. The summed E-state index contributed by atoms with van der Waals surface area (Å²) < 4.78 is 5.82. The van der Waals surface area contributed by atoms with Gasteiger partial charge in [0.05, 0.1) is 9.40 Å². The third kappa shape index (κ3) is 2.93. The van der Waals surface area contributed by atoms with Crippen LogP contribution in [-0.4, -0.2) is 0 Å². The molecule has 0 aliphatic carbocycles. The molecule has 4 rings (SSSR count). The predicted octanol–water partition coefficient (Wildman–Crippen LogP) is 9.03. The van der Waals surface area contributed by atoms with Crippen molar-refractivity contribution in [1.29, 1.82) is 0 Å². The lowest BCUT2D eigenvalue weighted by molar-refractivity contribution is 0.439. The van der Waals surface area contributed by atoms with Crippen molar-refractivity contribution < 1.29 is 0 Å². The van der Waals surface area contributed by atoms with Gasteiger partial charge >= 0.3 is 0 Å². The number of fused-ring (bicyclic) bond motifs is 5. The van der Waals surface area contributed by atoms with E-state index in [0.29, 0.717) is 0 Å². The van der Waals surface area contributed by atoms with Gasteiger partial charge in [0.1, 0.15) is 0 Å². The fraction of sp³-hybridized carbons (Fsp3) is 0.440. The number of hydrogen-bond acceptors (Lipinski definition) is 2. The summed E-state index contributed by atoms with van der Waals surface area (Å²) in [5.74, 6) is 0. The van der Waals surface area contributed by atoms with Gasteiger partial charge in [-0.15, -0.1) is 22.7 Å². The second-order valence-corrected chi connectivity index (χ2v) is 10.9. The SMILES string of the molecule is CCC(C)(C)c1ccc2c(c1)sc1c3ccc(C(C)(CC)CC)cc3sc21. The molecule has 2 heterocycles. The van der Waals surface area contributed by atoms with E-state index in [2.05, 4.69) is 77.9 Å². The Morgan fingerprint density at radius 3 is 1.63 bits per heavy atom. The molecule has 0 amide bonds. The third-order valence-electron chi connectivity index (χ3n) is 7.01. The van der Waals surface area contributed by atoms with Gasteiger partial charge in [-0.25, -0.2) is 0 Å². The Morgan fingerprint density at radius 2 is 1.15 bits per heavy atom. The lowest BCUT2D eigenvalue weighted by Crippen LogP contribution is -2.19. The van der Waals surface area contributed by atoms with Crippen molar-refractivity contribution in [2.45, 2.75) is 71.6 Å². The molecule has 27 heavy (non-hydrogen) atoms. The van der Waals surface area contributed by atoms with Crippen LogP contribution in [0.1, 0.15) is 71.9 Å². The van der Waals surface area contributed by atoms with Crippen molar-refractivity contribution in [3.05, 3.63) is 47.5 Å². The molecule has 0 aliphatic heterocycles. The Kier molecular flexibility index (Phi) is 4.63. The van der Waals surface area contributed by atoms with Crippen LogP contribution in [0.15, 0.2) is 36.4 Å². The van der Waals surface area contributed by atoms with Crippen LogP contribution in [0.2, 0.25) is 0 Å². The number of benzene rings is 2. The third-order valence-corrected chi connectivity index (χ3v) is 9.51. The zero-order valence-corrected chi connectivity index (χ0v) is 19.0. The summed E-state index contributed by atoms with van der Waals surface area (Å²) in [6, 6.07) is 14.3. The highest BCUT2D eigenvalue weighted by Crippen LogP contribution is 2.46. The fourth-order valence-corrected chi connectivity index (χ4v) is 6.65. The van der Waals surface area contributed by atoms with Gasteiger partial charge in [0.2, 0.25) is 0 Å². The Labute approximate surface area is 171 Å². The van der Waals surface area contributed by atoms with E-state index in [4.69, 9.17) is 0 Å². The first-order valence-corrected chi connectivity index (χ1v) is 11.9. The average Bonchev–Trinajstić information content (AvgIpc) is 3.22. The molecule has 0 spiro atoms. The molecule has 0 saturated carbocycles. The van der Waals surface area contributed by atoms with Gasteiger partial charge in [0.15, 0.2) is 0 Å². The van der Waals surface area contributed by atoms with E-state index in [1.165, 1.54) is 53.5 Å². The topological polar surface area (TPSA) is 0 Å². The van der Waals surface area contributed by atoms with E-state index in [9.17, 15) is 0 Å². The van der Waals surface area contributed by atoms with Crippen molar-refractivity contribution in [2.24, 2.45) is 0 Å². The largest absolute Gasteiger partial charge is 0.134 e. The Morgan fingerprint density at radius 1 is 0.667 bits per heavy atom. The van der Waals surface area contributed by atoms with Crippen LogP contribution in [0.25, 0.3) is 29.6 Å². The van der Waals surface area contributed by atoms with Crippen molar-refractivity contribution in [3.8, 4) is 0 Å². The monoisotopic (exact) mass is 394 g/mol. The lowest BCUT2D eigenvalue weighted by Gasteiger charge is -2.27. The first-order valence-electron chi connectivity index (χ1n) is 10.2. The van der Waals surface area contributed by atoms with Crippen LogP contribution >= 0.6 is 22.7 Å². The smallest absolute Gasteiger partial charge is 0.0542 e. The molecule has 2 aromatic heterocycles. The zero-order valence-electron chi connectivity index (χ0n) is 17.4. The van der Waals surface area contributed by atoms with Crippen LogP contribution in [0.3, 0.4) is 0 Å². The van der Waals surface area contributed by atoms with Crippen LogP contribution in [0, 0.1) is 0 Å². The molecule has 0 bridgehead atoms. The predicted molar refractivity (Wildman–Crippen MR) is 126 cm³/mol.